The number of ether oxygens (including phenoxy) is 1. The lowest BCUT2D eigenvalue weighted by Crippen LogP contribution is -2.38. The van der Waals surface area contributed by atoms with Crippen molar-refractivity contribution in [1.82, 2.24) is 4.31 Å². The molecule has 4 nitrogen and oxygen atoms in total. The maximum absolute atomic E-state index is 13.3. The highest BCUT2D eigenvalue weighted by atomic mass is 32.2. The fraction of sp³-hybridized carbons (Fsp3) is 0.684. The molecule has 5 heteroatoms. The van der Waals surface area contributed by atoms with E-state index in [9.17, 15) is 8.42 Å². The maximum Gasteiger partial charge on any atom is 0.246 e. The molecule has 0 aromatic heterocycles. The van der Waals surface area contributed by atoms with Crippen LogP contribution in [-0.2, 0) is 10.0 Å². The van der Waals surface area contributed by atoms with Crippen molar-refractivity contribution >= 4 is 10.0 Å². The van der Waals surface area contributed by atoms with E-state index in [0.717, 1.165) is 36.8 Å². The largest absolute Gasteiger partial charge is 0.492 e. The van der Waals surface area contributed by atoms with E-state index in [1.165, 1.54) is 6.42 Å². The Morgan fingerprint density at radius 2 is 1.83 bits per heavy atom. The summed E-state index contributed by atoms with van der Waals surface area (Å²) in [6, 6.07) is 3.79. The van der Waals surface area contributed by atoms with E-state index >= 15 is 0 Å². The average Bonchev–Trinajstić information content (AvgIpc) is 2.54. The van der Waals surface area contributed by atoms with E-state index < -0.39 is 10.0 Å². The van der Waals surface area contributed by atoms with Gasteiger partial charge in [-0.05, 0) is 55.9 Å². The van der Waals surface area contributed by atoms with Gasteiger partial charge in [-0.1, -0.05) is 33.1 Å². The first-order valence-corrected chi connectivity index (χ1v) is 10.5. The van der Waals surface area contributed by atoms with Crippen LogP contribution >= 0.6 is 0 Å². The highest BCUT2D eigenvalue weighted by Crippen LogP contribution is 2.35. The smallest absolute Gasteiger partial charge is 0.246 e. The van der Waals surface area contributed by atoms with Gasteiger partial charge in [-0.3, -0.25) is 0 Å². The van der Waals surface area contributed by atoms with Gasteiger partial charge in [-0.2, -0.15) is 4.31 Å². The molecule has 1 aromatic carbocycles. The Morgan fingerprint density at radius 1 is 1.21 bits per heavy atom. The van der Waals surface area contributed by atoms with Gasteiger partial charge in [-0.15, -0.1) is 0 Å². The number of nitrogens with zero attached hydrogens (tertiary/aromatic N) is 1. The molecule has 0 bridgehead atoms. The van der Waals surface area contributed by atoms with Gasteiger partial charge in [0.2, 0.25) is 10.0 Å². The fourth-order valence-electron chi connectivity index (χ4n) is 3.57. The molecule has 0 N–H and O–H groups in total. The summed E-state index contributed by atoms with van der Waals surface area (Å²) in [7, 11) is -1.84. The van der Waals surface area contributed by atoms with Crippen molar-refractivity contribution < 1.29 is 13.2 Å². The van der Waals surface area contributed by atoms with Crippen LogP contribution in [0.2, 0.25) is 0 Å². The summed E-state index contributed by atoms with van der Waals surface area (Å²) in [5.74, 6) is 0.747. The molecule has 0 spiro atoms. The second-order valence-corrected chi connectivity index (χ2v) is 9.02. The van der Waals surface area contributed by atoms with Gasteiger partial charge in [-0.25, -0.2) is 8.42 Å². The Labute approximate surface area is 147 Å². The molecule has 1 aliphatic carbocycles. The van der Waals surface area contributed by atoms with Crippen LogP contribution in [-0.4, -0.2) is 32.4 Å². The van der Waals surface area contributed by atoms with Gasteiger partial charge in [0.05, 0.1) is 6.61 Å². The van der Waals surface area contributed by atoms with Gasteiger partial charge in [0.25, 0.3) is 0 Å². The zero-order valence-corrected chi connectivity index (χ0v) is 16.4. The summed E-state index contributed by atoms with van der Waals surface area (Å²) in [6.45, 7) is 8.52. The SMILES string of the molecule is CCOc1cc(C)c(C(C)C)cc1S(=O)(=O)N(C)C1CCCCC1. The van der Waals surface area contributed by atoms with Gasteiger partial charge in [0.1, 0.15) is 10.6 Å². The van der Waals surface area contributed by atoms with E-state index in [0.29, 0.717) is 17.3 Å². The van der Waals surface area contributed by atoms with Gasteiger partial charge in [0.15, 0.2) is 0 Å². The van der Waals surface area contributed by atoms with Crippen LogP contribution < -0.4 is 4.74 Å². The van der Waals surface area contributed by atoms with Crippen molar-refractivity contribution in [2.75, 3.05) is 13.7 Å². The molecule has 0 atom stereocenters. The van der Waals surface area contributed by atoms with E-state index in [4.69, 9.17) is 4.74 Å². The summed E-state index contributed by atoms with van der Waals surface area (Å²) in [4.78, 5) is 0.312. The number of rotatable bonds is 6. The van der Waals surface area contributed by atoms with E-state index in [1.807, 2.05) is 26.0 Å². The zero-order valence-electron chi connectivity index (χ0n) is 15.6. The topological polar surface area (TPSA) is 46.6 Å². The molecule has 1 fully saturated rings. The molecule has 0 saturated heterocycles. The zero-order chi connectivity index (χ0) is 17.9. The van der Waals surface area contributed by atoms with Crippen LogP contribution in [0.3, 0.4) is 0 Å². The van der Waals surface area contributed by atoms with Crippen molar-refractivity contribution in [3.63, 3.8) is 0 Å². The number of hydrogen-bond acceptors (Lipinski definition) is 3. The third-order valence-corrected chi connectivity index (χ3v) is 6.93. The number of hydrogen-bond donors (Lipinski definition) is 0. The Bertz CT molecular complexity index is 661. The predicted molar refractivity (Wildman–Crippen MR) is 98.3 cm³/mol. The van der Waals surface area contributed by atoms with Crippen LogP contribution in [0.25, 0.3) is 0 Å². The lowest BCUT2D eigenvalue weighted by Gasteiger charge is -2.31. The minimum absolute atomic E-state index is 0.0991. The lowest BCUT2D eigenvalue weighted by molar-refractivity contribution is 0.283. The summed E-state index contributed by atoms with van der Waals surface area (Å²) < 4.78 is 33.8. The van der Waals surface area contributed by atoms with E-state index in [1.54, 1.807) is 11.4 Å². The summed E-state index contributed by atoms with van der Waals surface area (Å²) in [5.41, 5.74) is 2.14. The van der Waals surface area contributed by atoms with Gasteiger partial charge >= 0.3 is 0 Å². The molecule has 0 heterocycles. The molecule has 0 aliphatic heterocycles. The van der Waals surface area contributed by atoms with Crippen molar-refractivity contribution in [1.29, 1.82) is 0 Å². The molecular formula is C19H31NO3S. The number of aryl methyl sites for hydroxylation is 1. The predicted octanol–water partition coefficient (Wildman–Crippen LogP) is 4.47. The van der Waals surface area contributed by atoms with Crippen LogP contribution in [0.15, 0.2) is 17.0 Å². The fourth-order valence-corrected chi connectivity index (χ4v) is 5.13. The quantitative estimate of drug-likeness (QED) is 0.758. The van der Waals surface area contributed by atoms with Crippen LogP contribution in [0.4, 0.5) is 0 Å². The molecule has 0 amide bonds. The molecule has 2 rings (SSSR count). The first-order valence-electron chi connectivity index (χ1n) is 9.04. The average molecular weight is 354 g/mol. The molecule has 1 saturated carbocycles. The highest BCUT2D eigenvalue weighted by Gasteiger charge is 2.32. The maximum atomic E-state index is 13.3. The Morgan fingerprint density at radius 3 is 2.38 bits per heavy atom. The monoisotopic (exact) mass is 353 g/mol. The lowest BCUT2D eigenvalue weighted by atomic mass is 9.96. The third kappa shape index (κ3) is 3.94. The molecular weight excluding hydrogens is 322 g/mol. The van der Waals surface area contributed by atoms with Crippen molar-refractivity contribution in [2.24, 2.45) is 0 Å². The van der Waals surface area contributed by atoms with E-state index in [-0.39, 0.29) is 12.0 Å². The molecule has 24 heavy (non-hydrogen) atoms. The first kappa shape index (κ1) is 19.3. The number of sulfonamides is 1. The Balaban J connectivity index is 2.48. The summed E-state index contributed by atoms with van der Waals surface area (Å²) in [6.07, 6.45) is 5.31. The second kappa shape index (κ2) is 7.87. The highest BCUT2D eigenvalue weighted by molar-refractivity contribution is 7.89. The van der Waals surface area contributed by atoms with Crippen LogP contribution in [0.5, 0.6) is 5.75 Å². The van der Waals surface area contributed by atoms with Gasteiger partial charge < -0.3 is 4.74 Å². The molecule has 1 aromatic rings. The third-order valence-electron chi connectivity index (χ3n) is 5.00. The first-order chi connectivity index (χ1) is 11.3. The number of benzene rings is 1. The summed E-state index contributed by atoms with van der Waals surface area (Å²) >= 11 is 0. The Kier molecular flexibility index (Phi) is 6.32. The molecule has 0 unspecified atom stereocenters. The van der Waals surface area contributed by atoms with Crippen molar-refractivity contribution in [2.45, 2.75) is 76.7 Å². The summed E-state index contributed by atoms with van der Waals surface area (Å²) in [5, 5.41) is 0. The Hall–Kier alpha value is -1.07. The minimum Gasteiger partial charge on any atom is -0.492 e. The van der Waals surface area contributed by atoms with Crippen molar-refractivity contribution in [3.8, 4) is 5.75 Å². The minimum atomic E-state index is -3.56. The second-order valence-electron chi connectivity index (χ2n) is 7.06. The normalized spacial score (nSPS) is 16.8. The van der Waals surface area contributed by atoms with Crippen molar-refractivity contribution in [3.05, 3.63) is 23.3 Å². The molecule has 1 aliphatic rings. The standard InChI is InChI=1S/C19H31NO3S/c1-6-23-18-12-15(4)17(14(2)3)13-19(18)24(21,22)20(5)16-10-8-7-9-11-16/h12-14,16H,6-11H2,1-5H3. The van der Waals surface area contributed by atoms with Gasteiger partial charge in [0, 0.05) is 13.1 Å². The van der Waals surface area contributed by atoms with E-state index in [2.05, 4.69) is 13.8 Å². The van der Waals surface area contributed by atoms with Crippen LogP contribution in [0.1, 0.15) is 69.9 Å². The van der Waals surface area contributed by atoms with Crippen LogP contribution in [0, 0.1) is 6.92 Å². The molecule has 0 radical (unpaired) electrons. The molecule has 136 valence electrons.